The van der Waals surface area contributed by atoms with Crippen LogP contribution in [0.25, 0.3) is 11.2 Å². The third-order valence-corrected chi connectivity index (χ3v) is 9.29. The molecule has 0 aliphatic heterocycles. The minimum Gasteiger partial charge on any atom is -0.497 e. The molecule has 2 aromatic heterocycles. The van der Waals surface area contributed by atoms with Crippen molar-refractivity contribution in [3.63, 3.8) is 0 Å². The molecule has 3 atom stereocenters. The van der Waals surface area contributed by atoms with E-state index in [0.717, 1.165) is 16.7 Å². The third kappa shape index (κ3) is 5.75. The van der Waals surface area contributed by atoms with Crippen molar-refractivity contribution in [3.8, 4) is 5.75 Å². The molecule has 1 fully saturated rings. The van der Waals surface area contributed by atoms with Crippen molar-refractivity contribution < 1.29 is 23.8 Å². The van der Waals surface area contributed by atoms with Crippen molar-refractivity contribution in [1.29, 1.82) is 0 Å². The second-order valence-electron chi connectivity index (χ2n) is 11.8. The zero-order valence-electron chi connectivity index (χ0n) is 26.7. The number of nitrogens with one attached hydrogen (secondary N) is 1. The highest BCUT2D eigenvalue weighted by molar-refractivity contribution is 6.06. The molecule has 1 aliphatic carbocycles. The average molecular weight is 656 g/mol. The van der Waals surface area contributed by atoms with Gasteiger partial charge in [-0.15, -0.1) is 0 Å². The van der Waals surface area contributed by atoms with Gasteiger partial charge in [0.05, 0.1) is 39.0 Å². The van der Waals surface area contributed by atoms with Crippen LogP contribution in [0.4, 0.5) is 10.2 Å². The Morgan fingerprint density at radius 1 is 0.878 bits per heavy atom. The van der Waals surface area contributed by atoms with E-state index in [0.29, 0.717) is 34.4 Å². The van der Waals surface area contributed by atoms with Gasteiger partial charge in [0.15, 0.2) is 17.0 Å². The number of rotatable bonds is 11. The van der Waals surface area contributed by atoms with Gasteiger partial charge in [-0.1, -0.05) is 91.0 Å². The van der Waals surface area contributed by atoms with Crippen LogP contribution in [0.3, 0.4) is 0 Å². The van der Waals surface area contributed by atoms with E-state index in [1.54, 1.807) is 42.3 Å². The maximum absolute atomic E-state index is 14.6. The Kier molecular flexibility index (Phi) is 8.97. The molecule has 1 amide bonds. The summed E-state index contributed by atoms with van der Waals surface area (Å²) in [6.45, 7) is -0.127. The van der Waals surface area contributed by atoms with Crippen LogP contribution in [0, 0.1) is 11.8 Å². The molecule has 246 valence electrons. The Hall–Kier alpha value is -5.71. The molecule has 2 heterocycles. The van der Waals surface area contributed by atoms with Gasteiger partial charge in [0.25, 0.3) is 5.91 Å². The predicted molar refractivity (Wildman–Crippen MR) is 184 cm³/mol. The smallest absolute Gasteiger partial charge is 0.256 e. The number of carbonyl (C=O) groups excluding carboxylic acids is 1. The first-order valence-corrected chi connectivity index (χ1v) is 15.9. The average Bonchev–Trinajstić information content (AvgIpc) is 3.58. The first kappa shape index (κ1) is 31.9. The standard InChI is InChI=1S/C39H34FN5O4/c1-48-30-19-17-29(18-20-30)39(27-13-7-3-8-14-27,28-15-9-4-10-16-28)49-23-33-32(22-46)31(21-40)35(33)45-25-43-34-36(41-24-42-37(34)45)44-38(47)26-11-5-2-6-12-26/h2-21,24-25,32-33,35,46H,22-23H2,1H3,(H,41,42,44,47)/b31-21+/t32-,33+,35+/m1/s1. The fraction of sp³-hybridized carbons (Fsp3) is 0.179. The zero-order valence-corrected chi connectivity index (χ0v) is 26.7. The summed E-state index contributed by atoms with van der Waals surface area (Å²) >= 11 is 0. The third-order valence-electron chi connectivity index (χ3n) is 9.29. The minimum absolute atomic E-state index is 0.144. The number of nitrogens with zero attached hydrogens (tertiary/aromatic N) is 4. The predicted octanol–water partition coefficient (Wildman–Crippen LogP) is 6.73. The number of imidazole rings is 1. The van der Waals surface area contributed by atoms with Crippen molar-refractivity contribution in [2.45, 2.75) is 11.6 Å². The van der Waals surface area contributed by atoms with Gasteiger partial charge in [-0.3, -0.25) is 4.79 Å². The summed E-state index contributed by atoms with van der Waals surface area (Å²) in [5.41, 5.74) is 3.28. The van der Waals surface area contributed by atoms with Crippen LogP contribution in [-0.2, 0) is 10.3 Å². The molecule has 9 nitrogen and oxygen atoms in total. The number of aromatic nitrogens is 4. The van der Waals surface area contributed by atoms with Crippen molar-refractivity contribution in [2.75, 3.05) is 25.6 Å². The molecule has 0 unspecified atom stereocenters. The van der Waals surface area contributed by atoms with E-state index in [9.17, 15) is 14.3 Å². The fourth-order valence-corrected chi connectivity index (χ4v) is 6.83. The van der Waals surface area contributed by atoms with E-state index in [4.69, 9.17) is 9.47 Å². The molecule has 2 N–H and O–H groups in total. The van der Waals surface area contributed by atoms with Crippen LogP contribution < -0.4 is 10.1 Å². The van der Waals surface area contributed by atoms with E-state index >= 15 is 0 Å². The van der Waals surface area contributed by atoms with Crippen LogP contribution in [0.1, 0.15) is 33.1 Å². The number of hydrogen-bond acceptors (Lipinski definition) is 7. The topological polar surface area (TPSA) is 111 Å². The van der Waals surface area contributed by atoms with Crippen molar-refractivity contribution in [3.05, 3.63) is 162 Å². The monoisotopic (exact) mass is 655 g/mol. The van der Waals surface area contributed by atoms with Gasteiger partial charge in [-0.05, 0) is 46.5 Å². The molecule has 0 saturated heterocycles. The van der Waals surface area contributed by atoms with E-state index in [2.05, 4.69) is 20.3 Å². The maximum atomic E-state index is 14.6. The van der Waals surface area contributed by atoms with Crippen molar-refractivity contribution >= 4 is 22.9 Å². The Bertz CT molecular complexity index is 2030. The lowest BCUT2D eigenvalue weighted by molar-refractivity contribution is -0.0510. The second-order valence-corrected chi connectivity index (χ2v) is 11.8. The van der Waals surface area contributed by atoms with Gasteiger partial charge in [0.1, 0.15) is 17.7 Å². The van der Waals surface area contributed by atoms with Crippen LogP contribution in [0.5, 0.6) is 5.75 Å². The molecule has 0 spiro atoms. The molecule has 0 radical (unpaired) electrons. The number of benzene rings is 4. The number of hydrogen-bond donors (Lipinski definition) is 2. The summed E-state index contributed by atoms with van der Waals surface area (Å²) in [7, 11) is 1.62. The van der Waals surface area contributed by atoms with E-state index in [1.807, 2.05) is 91.0 Å². The molecule has 1 aliphatic rings. The van der Waals surface area contributed by atoms with Gasteiger partial charge in [0, 0.05) is 17.4 Å². The Morgan fingerprint density at radius 2 is 1.49 bits per heavy atom. The van der Waals surface area contributed by atoms with Crippen LogP contribution in [0.15, 0.2) is 140 Å². The van der Waals surface area contributed by atoms with Gasteiger partial charge >= 0.3 is 0 Å². The second kappa shape index (κ2) is 13.8. The number of aliphatic hydroxyl groups excluding tert-OH is 1. The molecule has 1 saturated carbocycles. The summed E-state index contributed by atoms with van der Waals surface area (Å²) in [5, 5.41) is 13.3. The number of ether oxygens (including phenoxy) is 2. The fourth-order valence-electron chi connectivity index (χ4n) is 6.83. The Morgan fingerprint density at radius 3 is 2.08 bits per heavy atom. The molecule has 7 rings (SSSR count). The molecular weight excluding hydrogens is 621 g/mol. The van der Waals surface area contributed by atoms with Crippen molar-refractivity contribution in [2.24, 2.45) is 11.8 Å². The highest BCUT2D eigenvalue weighted by Gasteiger charge is 2.49. The van der Waals surface area contributed by atoms with Gasteiger partial charge in [0.2, 0.25) is 0 Å². The first-order chi connectivity index (χ1) is 24.1. The number of aliphatic hydroxyl groups is 1. The maximum Gasteiger partial charge on any atom is 0.256 e. The van der Waals surface area contributed by atoms with Crippen LogP contribution >= 0.6 is 0 Å². The number of carbonyl (C=O) groups is 1. The van der Waals surface area contributed by atoms with Crippen LogP contribution in [0.2, 0.25) is 0 Å². The molecule has 6 aromatic rings. The van der Waals surface area contributed by atoms with E-state index in [-0.39, 0.29) is 30.9 Å². The minimum atomic E-state index is -1.05. The summed E-state index contributed by atoms with van der Waals surface area (Å²) in [6.07, 6.45) is 3.46. The quantitative estimate of drug-likeness (QED) is 0.149. The zero-order chi connectivity index (χ0) is 33.8. The van der Waals surface area contributed by atoms with Gasteiger partial charge in [-0.2, -0.15) is 0 Å². The van der Waals surface area contributed by atoms with Crippen LogP contribution in [-0.4, -0.2) is 50.9 Å². The summed E-state index contributed by atoms with van der Waals surface area (Å²) in [4.78, 5) is 26.3. The summed E-state index contributed by atoms with van der Waals surface area (Å²) in [6, 6.07) is 35.9. The first-order valence-electron chi connectivity index (χ1n) is 15.9. The molecule has 4 aromatic carbocycles. The lowest BCUT2D eigenvalue weighted by Gasteiger charge is -2.48. The number of anilines is 1. The Labute approximate surface area is 282 Å². The Balaban J connectivity index is 1.27. The van der Waals surface area contributed by atoms with E-state index < -0.39 is 17.6 Å². The normalized spacial score (nSPS) is 18.3. The number of fused-ring (bicyclic) bond motifs is 1. The van der Waals surface area contributed by atoms with E-state index in [1.165, 1.54) is 6.33 Å². The summed E-state index contributed by atoms with van der Waals surface area (Å²) < 4.78 is 29.0. The summed E-state index contributed by atoms with van der Waals surface area (Å²) in [5.74, 6) is -0.269. The molecule has 10 heteroatoms. The lowest BCUT2D eigenvalue weighted by Crippen LogP contribution is -2.47. The van der Waals surface area contributed by atoms with Crippen molar-refractivity contribution in [1.82, 2.24) is 19.5 Å². The van der Waals surface area contributed by atoms with Gasteiger partial charge in [-0.25, -0.2) is 19.3 Å². The van der Waals surface area contributed by atoms with Gasteiger partial charge < -0.3 is 24.5 Å². The number of halogens is 1. The highest BCUT2D eigenvalue weighted by Crippen LogP contribution is 2.52. The molecule has 49 heavy (non-hydrogen) atoms. The highest BCUT2D eigenvalue weighted by atomic mass is 19.1. The SMILES string of the molecule is COc1ccc(C(OC[C@H]2[C@H](CO)/C(=C\F)[C@@H]2n2cnc3c(NC(=O)c4ccccc4)ncnc32)(c2ccccc2)c2ccccc2)cc1. The molecular formula is C39H34FN5O4. The largest absolute Gasteiger partial charge is 0.497 e. The number of amides is 1. The number of methoxy groups -OCH3 is 1. The lowest BCUT2D eigenvalue weighted by atomic mass is 9.65. The molecule has 0 bridgehead atoms.